The summed E-state index contributed by atoms with van der Waals surface area (Å²) in [6.07, 6.45) is 0.459. The highest BCUT2D eigenvalue weighted by atomic mass is 35.5. The number of nitrogens with zero attached hydrogens (tertiary/aromatic N) is 1. The van der Waals surface area contributed by atoms with Crippen LogP contribution in [0.1, 0.15) is 37.5 Å². The number of rotatable bonds is 7. The largest absolute Gasteiger partial charge is 0.389 e. The third-order valence-electron chi connectivity index (χ3n) is 5.21. The van der Waals surface area contributed by atoms with E-state index in [1.165, 1.54) is 6.42 Å². The van der Waals surface area contributed by atoms with Gasteiger partial charge in [-0.1, -0.05) is 61.3 Å². The molecule has 1 fully saturated rings. The summed E-state index contributed by atoms with van der Waals surface area (Å²) in [5.41, 5.74) is 2.00. The van der Waals surface area contributed by atoms with Crippen LogP contribution in [0.4, 0.5) is 0 Å². The Kier molecular flexibility index (Phi) is 7.78. The summed E-state index contributed by atoms with van der Waals surface area (Å²) >= 11 is 12.1. The van der Waals surface area contributed by atoms with E-state index in [2.05, 4.69) is 18.7 Å². The van der Waals surface area contributed by atoms with E-state index < -0.39 is 6.10 Å². The molecule has 1 N–H and O–H groups in total. The Labute approximate surface area is 178 Å². The van der Waals surface area contributed by atoms with E-state index in [1.807, 2.05) is 48.5 Å². The molecule has 2 aromatic rings. The van der Waals surface area contributed by atoms with Crippen molar-refractivity contribution < 1.29 is 9.84 Å². The molecule has 0 saturated carbocycles. The van der Waals surface area contributed by atoms with E-state index >= 15 is 0 Å². The SMILES string of the molecule is CC1CC(C)CN(CC(O)COC(c2ccc(Cl)cc2)c2ccc(Cl)cc2)C1. The second kappa shape index (κ2) is 10.1. The third kappa shape index (κ3) is 6.20. The smallest absolute Gasteiger partial charge is 0.108 e. The fourth-order valence-corrected chi connectivity index (χ4v) is 4.41. The van der Waals surface area contributed by atoms with Gasteiger partial charge in [0.05, 0.1) is 12.7 Å². The molecule has 3 nitrogen and oxygen atoms in total. The first-order chi connectivity index (χ1) is 13.4. The highest BCUT2D eigenvalue weighted by Crippen LogP contribution is 2.28. The number of aliphatic hydroxyl groups excluding tert-OH is 1. The average molecular weight is 422 g/mol. The van der Waals surface area contributed by atoms with Crippen LogP contribution in [-0.2, 0) is 4.74 Å². The quantitative estimate of drug-likeness (QED) is 0.645. The van der Waals surface area contributed by atoms with Gasteiger partial charge in [-0.15, -0.1) is 0 Å². The van der Waals surface area contributed by atoms with Crippen molar-refractivity contribution in [2.75, 3.05) is 26.2 Å². The maximum absolute atomic E-state index is 10.6. The fraction of sp³-hybridized carbons (Fsp3) is 0.478. The number of hydrogen-bond acceptors (Lipinski definition) is 3. The molecule has 0 bridgehead atoms. The molecular weight excluding hydrogens is 393 g/mol. The van der Waals surface area contributed by atoms with E-state index in [0.717, 1.165) is 24.2 Å². The maximum Gasteiger partial charge on any atom is 0.108 e. The van der Waals surface area contributed by atoms with Gasteiger partial charge in [0, 0.05) is 29.7 Å². The van der Waals surface area contributed by atoms with Crippen LogP contribution in [0.25, 0.3) is 0 Å². The first-order valence-electron chi connectivity index (χ1n) is 9.93. The average Bonchev–Trinajstić information content (AvgIpc) is 2.64. The zero-order valence-electron chi connectivity index (χ0n) is 16.5. The molecular formula is C23H29Cl2NO2. The Bertz CT molecular complexity index is 680. The lowest BCUT2D eigenvalue weighted by Crippen LogP contribution is -2.43. The van der Waals surface area contributed by atoms with Crippen molar-refractivity contribution in [3.8, 4) is 0 Å². The molecule has 0 aromatic heterocycles. The molecule has 1 saturated heterocycles. The molecule has 3 rings (SSSR count). The second-order valence-corrected chi connectivity index (χ2v) is 9.01. The Morgan fingerprint density at radius 2 is 1.39 bits per heavy atom. The van der Waals surface area contributed by atoms with E-state index in [4.69, 9.17) is 27.9 Å². The first-order valence-corrected chi connectivity index (χ1v) is 10.7. The zero-order valence-corrected chi connectivity index (χ0v) is 18.0. The lowest BCUT2D eigenvalue weighted by molar-refractivity contribution is -0.0163. The van der Waals surface area contributed by atoms with Crippen LogP contribution >= 0.6 is 23.2 Å². The number of β-amino-alcohol motifs (C(OH)–C–C–N with tert-alkyl or cyclic N) is 1. The number of aliphatic hydroxyl groups is 1. The number of halogens is 2. The molecule has 2 aromatic carbocycles. The van der Waals surface area contributed by atoms with E-state index in [9.17, 15) is 5.11 Å². The zero-order chi connectivity index (χ0) is 20.1. The number of likely N-dealkylation sites (tertiary alicyclic amines) is 1. The van der Waals surface area contributed by atoms with Crippen LogP contribution < -0.4 is 0 Å². The molecule has 0 aliphatic carbocycles. The highest BCUT2D eigenvalue weighted by Gasteiger charge is 2.24. The van der Waals surface area contributed by atoms with Gasteiger partial charge in [0.2, 0.25) is 0 Å². The predicted octanol–water partition coefficient (Wildman–Crippen LogP) is 5.44. The molecule has 1 aliphatic rings. The van der Waals surface area contributed by atoms with Crippen molar-refractivity contribution >= 4 is 23.2 Å². The molecule has 3 unspecified atom stereocenters. The number of hydrogen-bond donors (Lipinski definition) is 1. The molecule has 3 atom stereocenters. The molecule has 1 aliphatic heterocycles. The summed E-state index contributed by atoms with van der Waals surface area (Å²) in [6.45, 7) is 7.56. The van der Waals surface area contributed by atoms with E-state index in [-0.39, 0.29) is 12.7 Å². The molecule has 0 radical (unpaired) electrons. The lowest BCUT2D eigenvalue weighted by atomic mass is 9.92. The molecule has 152 valence electrons. The van der Waals surface area contributed by atoms with Crippen molar-refractivity contribution in [2.24, 2.45) is 11.8 Å². The summed E-state index contributed by atoms with van der Waals surface area (Å²) in [5, 5.41) is 12.0. The summed E-state index contributed by atoms with van der Waals surface area (Å²) in [7, 11) is 0. The molecule has 0 amide bonds. The molecule has 5 heteroatoms. The maximum atomic E-state index is 10.6. The van der Waals surface area contributed by atoms with Gasteiger partial charge in [-0.05, 0) is 53.6 Å². The van der Waals surface area contributed by atoms with Crippen LogP contribution in [0, 0.1) is 11.8 Å². The van der Waals surface area contributed by atoms with Gasteiger partial charge in [-0.25, -0.2) is 0 Å². The Balaban J connectivity index is 1.65. The summed E-state index contributed by atoms with van der Waals surface area (Å²) < 4.78 is 6.19. The topological polar surface area (TPSA) is 32.7 Å². The summed E-state index contributed by atoms with van der Waals surface area (Å²) in [5.74, 6) is 1.35. The standard InChI is InChI=1S/C23H29Cl2NO2/c1-16-11-17(2)13-26(12-16)14-22(27)15-28-23(18-3-7-20(24)8-4-18)19-5-9-21(25)10-6-19/h3-10,16-17,22-23,27H,11-15H2,1-2H3. The van der Waals surface area contributed by atoms with E-state index in [0.29, 0.717) is 28.4 Å². The number of piperidine rings is 1. The highest BCUT2D eigenvalue weighted by molar-refractivity contribution is 6.30. The number of benzene rings is 2. The van der Waals surface area contributed by atoms with Gasteiger partial charge in [-0.3, -0.25) is 0 Å². The van der Waals surface area contributed by atoms with Gasteiger partial charge in [0.25, 0.3) is 0 Å². The van der Waals surface area contributed by atoms with Gasteiger partial charge in [0.1, 0.15) is 6.10 Å². The fourth-order valence-electron chi connectivity index (χ4n) is 4.16. The lowest BCUT2D eigenvalue weighted by Gasteiger charge is -2.36. The summed E-state index contributed by atoms with van der Waals surface area (Å²) in [6, 6.07) is 15.3. The van der Waals surface area contributed by atoms with Crippen LogP contribution in [0.15, 0.2) is 48.5 Å². The van der Waals surface area contributed by atoms with Crippen molar-refractivity contribution in [2.45, 2.75) is 32.5 Å². The van der Waals surface area contributed by atoms with Crippen LogP contribution in [0.2, 0.25) is 10.0 Å². The van der Waals surface area contributed by atoms with E-state index in [1.54, 1.807) is 0 Å². The second-order valence-electron chi connectivity index (χ2n) is 8.13. The van der Waals surface area contributed by atoms with Crippen molar-refractivity contribution in [1.82, 2.24) is 4.90 Å². The molecule has 1 heterocycles. The van der Waals surface area contributed by atoms with Crippen molar-refractivity contribution in [3.63, 3.8) is 0 Å². The predicted molar refractivity (Wildman–Crippen MR) is 116 cm³/mol. The van der Waals surface area contributed by atoms with Crippen LogP contribution in [0.3, 0.4) is 0 Å². The van der Waals surface area contributed by atoms with Crippen molar-refractivity contribution in [3.05, 3.63) is 69.7 Å². The Morgan fingerprint density at radius 3 is 1.86 bits per heavy atom. The van der Waals surface area contributed by atoms with Gasteiger partial charge in [-0.2, -0.15) is 0 Å². The minimum atomic E-state index is -0.528. The van der Waals surface area contributed by atoms with Gasteiger partial charge in [0.15, 0.2) is 0 Å². The third-order valence-corrected chi connectivity index (χ3v) is 5.72. The Morgan fingerprint density at radius 1 is 0.929 bits per heavy atom. The first kappa shape index (κ1) is 21.6. The minimum absolute atomic E-state index is 0.273. The van der Waals surface area contributed by atoms with Crippen LogP contribution in [-0.4, -0.2) is 42.4 Å². The Hall–Kier alpha value is -1.10. The number of ether oxygens (including phenoxy) is 1. The van der Waals surface area contributed by atoms with Crippen molar-refractivity contribution in [1.29, 1.82) is 0 Å². The van der Waals surface area contributed by atoms with Gasteiger partial charge >= 0.3 is 0 Å². The van der Waals surface area contributed by atoms with Crippen LogP contribution in [0.5, 0.6) is 0 Å². The molecule has 0 spiro atoms. The van der Waals surface area contributed by atoms with Gasteiger partial charge < -0.3 is 14.7 Å². The minimum Gasteiger partial charge on any atom is -0.389 e. The summed E-state index contributed by atoms with van der Waals surface area (Å²) in [4.78, 5) is 2.35. The normalized spacial score (nSPS) is 21.8. The monoisotopic (exact) mass is 421 g/mol. The molecule has 28 heavy (non-hydrogen) atoms.